The van der Waals surface area contributed by atoms with E-state index in [9.17, 15) is 9.90 Å². The lowest BCUT2D eigenvalue weighted by atomic mass is 10.2. The monoisotopic (exact) mass is 387 g/mol. The first-order valence-corrected chi connectivity index (χ1v) is 9.95. The highest BCUT2D eigenvalue weighted by Gasteiger charge is 2.14. The Morgan fingerprint density at radius 1 is 1.12 bits per heavy atom. The summed E-state index contributed by atoms with van der Waals surface area (Å²) in [5.41, 5.74) is 2.00. The van der Waals surface area contributed by atoms with Crippen molar-refractivity contribution in [1.82, 2.24) is 14.1 Å². The number of nitrogens with zero attached hydrogens (tertiary/aromatic N) is 2. The number of rotatable bonds is 5. The van der Waals surface area contributed by atoms with E-state index in [1.807, 2.05) is 23.6 Å². The fourth-order valence-corrected chi connectivity index (χ4v) is 4.74. The van der Waals surface area contributed by atoms with Crippen LogP contribution in [0.5, 0.6) is 0 Å². The van der Waals surface area contributed by atoms with Gasteiger partial charge in [-0.05, 0) is 41.8 Å². The fraction of sp³-hybridized carbons (Fsp3) is 0.118. The highest BCUT2D eigenvalue weighted by atomic mass is 32.1. The lowest BCUT2D eigenvalue weighted by Gasteiger charge is -2.10. The summed E-state index contributed by atoms with van der Waals surface area (Å²) in [6, 6.07) is 13.2. The van der Waals surface area contributed by atoms with Gasteiger partial charge >= 0.3 is 0 Å². The van der Waals surface area contributed by atoms with Gasteiger partial charge in [0.1, 0.15) is 17.1 Å². The van der Waals surface area contributed by atoms with Crippen LogP contribution < -0.4 is 5.32 Å². The number of aromatic nitrogens is 2. The third-order valence-corrected chi connectivity index (χ3v) is 6.50. The minimum atomic E-state index is -0.729. The number of fused-ring (bicyclic) bond motifs is 1. The molecule has 0 radical (unpaired) electrons. The van der Waals surface area contributed by atoms with Gasteiger partial charge in [-0.15, -0.1) is 22.7 Å². The Balaban J connectivity index is 1.41. The number of hydrogen-bond donors (Lipinski definition) is 2. The maximum Gasteiger partial charge on any atom is 0.251 e. The summed E-state index contributed by atoms with van der Waals surface area (Å²) in [5.74, 6) is -0.232. The summed E-state index contributed by atoms with van der Waals surface area (Å²) in [6.45, 7) is 0.163. The highest BCUT2D eigenvalue weighted by Crippen LogP contribution is 2.33. The van der Waals surface area contributed by atoms with E-state index in [0.29, 0.717) is 11.1 Å². The van der Waals surface area contributed by atoms with Gasteiger partial charge in [0, 0.05) is 26.7 Å². The van der Waals surface area contributed by atoms with Crippen LogP contribution in [0.4, 0.5) is 0 Å². The Hall–Kier alpha value is -2.13. The zero-order chi connectivity index (χ0) is 17.2. The standard InChI is InChI=1S/C17H13N3O2S3/c21-13(14-5-6-16(24-14)15-2-1-7-23-15)9-18-17(22)10-3-4-11-12(8-10)20-25-19-11/h1-8,13,21H,9H2,(H,18,22). The van der Waals surface area contributed by atoms with E-state index >= 15 is 0 Å². The molecule has 5 nitrogen and oxygen atoms in total. The van der Waals surface area contributed by atoms with Gasteiger partial charge in [0.05, 0.1) is 11.7 Å². The molecule has 126 valence electrons. The van der Waals surface area contributed by atoms with E-state index < -0.39 is 6.10 Å². The summed E-state index contributed by atoms with van der Waals surface area (Å²) in [7, 11) is 0. The van der Waals surface area contributed by atoms with Crippen LogP contribution in [0.25, 0.3) is 20.8 Å². The second kappa shape index (κ2) is 7.01. The zero-order valence-corrected chi connectivity index (χ0v) is 15.3. The van der Waals surface area contributed by atoms with Crippen molar-refractivity contribution in [3.05, 3.63) is 58.3 Å². The second-order valence-electron chi connectivity index (χ2n) is 5.37. The van der Waals surface area contributed by atoms with E-state index in [2.05, 4.69) is 20.1 Å². The van der Waals surface area contributed by atoms with Crippen molar-refractivity contribution in [2.24, 2.45) is 0 Å². The number of aliphatic hydroxyl groups excluding tert-OH is 1. The average molecular weight is 388 g/mol. The van der Waals surface area contributed by atoms with Crippen LogP contribution in [-0.4, -0.2) is 26.3 Å². The first-order chi connectivity index (χ1) is 12.2. The molecule has 4 aromatic rings. The number of thiophene rings is 2. The zero-order valence-electron chi connectivity index (χ0n) is 12.9. The summed E-state index contributed by atoms with van der Waals surface area (Å²) in [6.07, 6.45) is -0.729. The van der Waals surface area contributed by atoms with Gasteiger partial charge in [0.2, 0.25) is 0 Å². The normalized spacial score (nSPS) is 12.4. The molecule has 0 saturated heterocycles. The molecule has 0 aliphatic carbocycles. The third kappa shape index (κ3) is 3.47. The molecule has 0 saturated carbocycles. The smallest absolute Gasteiger partial charge is 0.251 e. The van der Waals surface area contributed by atoms with Gasteiger partial charge in [-0.1, -0.05) is 6.07 Å². The van der Waals surface area contributed by atoms with Crippen LogP contribution in [0.15, 0.2) is 47.8 Å². The Kier molecular flexibility index (Phi) is 4.58. The number of hydrogen-bond acceptors (Lipinski definition) is 7. The summed E-state index contributed by atoms with van der Waals surface area (Å²) in [5, 5.41) is 15.1. The maximum absolute atomic E-state index is 12.3. The lowest BCUT2D eigenvalue weighted by molar-refractivity contribution is 0.0918. The van der Waals surface area contributed by atoms with E-state index in [1.54, 1.807) is 40.9 Å². The molecular formula is C17H13N3O2S3. The minimum Gasteiger partial charge on any atom is -0.386 e. The van der Waals surface area contributed by atoms with Crippen molar-refractivity contribution in [2.45, 2.75) is 6.10 Å². The summed E-state index contributed by atoms with van der Waals surface area (Å²) < 4.78 is 8.25. The number of benzene rings is 1. The molecule has 3 aromatic heterocycles. The predicted octanol–water partition coefficient (Wildman–Crippen LogP) is 3.94. The Labute approximate surface area is 155 Å². The molecule has 0 aliphatic heterocycles. The molecule has 1 aromatic carbocycles. The fourth-order valence-electron chi connectivity index (χ4n) is 2.40. The van der Waals surface area contributed by atoms with Crippen molar-refractivity contribution in [1.29, 1.82) is 0 Å². The Morgan fingerprint density at radius 3 is 2.84 bits per heavy atom. The average Bonchev–Trinajstić information content (AvgIpc) is 3.38. The lowest BCUT2D eigenvalue weighted by Crippen LogP contribution is -2.28. The van der Waals surface area contributed by atoms with Crippen LogP contribution in [0.1, 0.15) is 21.3 Å². The summed E-state index contributed by atoms with van der Waals surface area (Å²) >= 11 is 4.33. The Bertz CT molecular complexity index is 1010. The van der Waals surface area contributed by atoms with E-state index in [0.717, 1.165) is 27.0 Å². The van der Waals surface area contributed by atoms with Crippen molar-refractivity contribution in [2.75, 3.05) is 6.54 Å². The van der Waals surface area contributed by atoms with Gasteiger partial charge < -0.3 is 10.4 Å². The van der Waals surface area contributed by atoms with Crippen LogP contribution >= 0.6 is 34.4 Å². The predicted molar refractivity (Wildman–Crippen MR) is 102 cm³/mol. The molecule has 1 unspecified atom stereocenters. The van der Waals surface area contributed by atoms with Gasteiger partial charge in [-0.2, -0.15) is 8.75 Å². The van der Waals surface area contributed by atoms with E-state index in [-0.39, 0.29) is 12.5 Å². The molecule has 25 heavy (non-hydrogen) atoms. The van der Waals surface area contributed by atoms with Gasteiger partial charge in [0.15, 0.2) is 0 Å². The second-order valence-corrected chi connectivity index (χ2v) is 7.96. The molecule has 1 atom stereocenters. The van der Waals surface area contributed by atoms with Crippen LogP contribution in [-0.2, 0) is 0 Å². The Morgan fingerprint density at radius 2 is 2.00 bits per heavy atom. The molecule has 8 heteroatoms. The van der Waals surface area contributed by atoms with Crippen LogP contribution in [0.3, 0.4) is 0 Å². The number of aliphatic hydroxyl groups is 1. The molecule has 1 amide bonds. The van der Waals surface area contributed by atoms with Crippen LogP contribution in [0, 0.1) is 0 Å². The molecule has 0 bridgehead atoms. The number of carbonyl (C=O) groups excluding carboxylic acids is 1. The first kappa shape index (κ1) is 16.3. The third-order valence-electron chi connectivity index (χ3n) is 3.69. The molecule has 2 N–H and O–H groups in total. The topological polar surface area (TPSA) is 75.1 Å². The largest absolute Gasteiger partial charge is 0.386 e. The molecule has 4 rings (SSSR count). The quantitative estimate of drug-likeness (QED) is 0.544. The summed E-state index contributed by atoms with van der Waals surface area (Å²) in [4.78, 5) is 15.4. The van der Waals surface area contributed by atoms with Crippen molar-refractivity contribution < 1.29 is 9.90 Å². The van der Waals surface area contributed by atoms with E-state index in [4.69, 9.17) is 0 Å². The molecular weight excluding hydrogens is 374 g/mol. The van der Waals surface area contributed by atoms with Crippen molar-refractivity contribution >= 4 is 51.3 Å². The number of carbonyl (C=O) groups is 1. The first-order valence-electron chi connectivity index (χ1n) is 7.53. The van der Waals surface area contributed by atoms with Gasteiger partial charge in [-0.25, -0.2) is 0 Å². The van der Waals surface area contributed by atoms with Gasteiger partial charge in [0.25, 0.3) is 5.91 Å². The number of amides is 1. The SMILES string of the molecule is O=C(NCC(O)c1ccc(-c2cccs2)s1)c1ccc2nsnc2c1. The highest BCUT2D eigenvalue weighted by molar-refractivity contribution is 7.21. The van der Waals surface area contributed by atoms with Crippen LogP contribution in [0.2, 0.25) is 0 Å². The van der Waals surface area contributed by atoms with Gasteiger partial charge in [-0.3, -0.25) is 4.79 Å². The number of nitrogens with one attached hydrogen (secondary N) is 1. The van der Waals surface area contributed by atoms with Crippen molar-refractivity contribution in [3.8, 4) is 9.75 Å². The molecule has 3 heterocycles. The molecule has 0 aliphatic rings. The van der Waals surface area contributed by atoms with E-state index in [1.165, 1.54) is 4.88 Å². The molecule has 0 spiro atoms. The van der Waals surface area contributed by atoms with Crippen molar-refractivity contribution in [3.63, 3.8) is 0 Å². The molecule has 0 fully saturated rings. The minimum absolute atomic E-state index is 0.163. The maximum atomic E-state index is 12.3.